The maximum Gasteiger partial charge on any atom is 0.256 e. The third kappa shape index (κ3) is 4.15. The van der Waals surface area contributed by atoms with Gasteiger partial charge in [0.25, 0.3) is 5.91 Å². The number of carbonyl (C=O) groups excluding carboxylic acids is 2. The van der Waals surface area contributed by atoms with Gasteiger partial charge in [-0.05, 0) is 73.8 Å². The smallest absolute Gasteiger partial charge is 0.256 e. The monoisotopic (exact) mass is 505 g/mol. The van der Waals surface area contributed by atoms with E-state index in [0.29, 0.717) is 18.0 Å². The lowest BCUT2D eigenvalue weighted by Gasteiger charge is -2.24. The number of benzene rings is 2. The number of likely N-dealkylation sites (tertiary alicyclic amines) is 1. The lowest BCUT2D eigenvalue weighted by Crippen LogP contribution is -2.41. The van der Waals surface area contributed by atoms with Crippen molar-refractivity contribution in [1.29, 1.82) is 0 Å². The van der Waals surface area contributed by atoms with Crippen LogP contribution in [0.25, 0.3) is 11.1 Å². The summed E-state index contributed by atoms with van der Waals surface area (Å²) in [5.41, 5.74) is 3.08. The Balaban J connectivity index is 1.26. The first-order chi connectivity index (χ1) is 17.1. The molecule has 0 radical (unpaired) electrons. The summed E-state index contributed by atoms with van der Waals surface area (Å²) < 4.78 is 24.0. The Morgan fingerprint density at radius 2 is 1.83 bits per heavy atom. The molecule has 1 spiro atoms. The zero-order chi connectivity index (χ0) is 25.2. The number of rotatable bonds is 6. The first-order valence-corrected chi connectivity index (χ1v) is 14.7. The number of nitrogens with zero attached hydrogens (tertiary/aromatic N) is 3. The minimum absolute atomic E-state index is 0.0915. The molecule has 188 valence electrons. The third-order valence-corrected chi connectivity index (χ3v) is 9.08. The number of sulfone groups is 1. The minimum Gasteiger partial charge on any atom is -0.342 e. The number of aryl methyl sites for hydroxylation is 1. The summed E-state index contributed by atoms with van der Waals surface area (Å²) in [6.07, 6.45) is 5.73. The van der Waals surface area contributed by atoms with Crippen LogP contribution in [0.4, 0.5) is 0 Å². The lowest BCUT2D eigenvalue weighted by molar-refractivity contribution is -0.131. The second kappa shape index (κ2) is 8.26. The number of hydrogen-bond acceptors (Lipinski definition) is 5. The van der Waals surface area contributed by atoms with Crippen molar-refractivity contribution in [2.45, 2.75) is 49.5 Å². The highest BCUT2D eigenvalue weighted by molar-refractivity contribution is 7.90. The maximum atomic E-state index is 13.4. The Hall–Kier alpha value is -3.00. The van der Waals surface area contributed by atoms with Crippen LogP contribution in [0.1, 0.15) is 43.2 Å². The van der Waals surface area contributed by atoms with Crippen molar-refractivity contribution >= 4 is 27.5 Å². The molecule has 7 nitrogen and oxygen atoms in total. The van der Waals surface area contributed by atoms with Crippen molar-refractivity contribution in [3.8, 4) is 11.1 Å². The summed E-state index contributed by atoms with van der Waals surface area (Å²) in [6, 6.07) is 13.0. The van der Waals surface area contributed by atoms with Crippen molar-refractivity contribution in [2.75, 3.05) is 25.9 Å². The molecule has 2 amide bonds. The minimum atomic E-state index is -3.29. The molecule has 2 saturated carbocycles. The fourth-order valence-corrected chi connectivity index (χ4v) is 6.17. The van der Waals surface area contributed by atoms with Crippen molar-refractivity contribution in [1.82, 2.24) is 9.80 Å². The maximum absolute atomic E-state index is 13.4. The highest BCUT2D eigenvalue weighted by Crippen LogP contribution is 2.46. The Bertz CT molecular complexity index is 1410. The third-order valence-electron chi connectivity index (χ3n) is 7.97. The van der Waals surface area contributed by atoms with E-state index in [4.69, 9.17) is 4.99 Å². The molecule has 0 aromatic heterocycles. The van der Waals surface area contributed by atoms with E-state index in [1.54, 1.807) is 18.2 Å². The van der Waals surface area contributed by atoms with Crippen LogP contribution in [0.5, 0.6) is 0 Å². The molecular weight excluding hydrogens is 474 g/mol. The van der Waals surface area contributed by atoms with Crippen molar-refractivity contribution in [3.05, 3.63) is 53.6 Å². The van der Waals surface area contributed by atoms with Gasteiger partial charge in [-0.25, -0.2) is 8.42 Å². The molecule has 0 N–H and O–H groups in total. The van der Waals surface area contributed by atoms with E-state index in [0.717, 1.165) is 66.7 Å². The van der Waals surface area contributed by atoms with Gasteiger partial charge < -0.3 is 4.90 Å². The summed E-state index contributed by atoms with van der Waals surface area (Å²) in [5, 5.41) is 0. The normalized spacial score (nSPS) is 22.9. The molecule has 2 heterocycles. The fraction of sp³-hybridized carbons (Fsp3) is 0.464. The van der Waals surface area contributed by atoms with E-state index in [2.05, 4.69) is 0 Å². The highest BCUT2D eigenvalue weighted by Gasteiger charge is 2.57. The predicted octanol–water partition coefficient (Wildman–Crippen LogP) is 3.45. The zero-order valence-corrected chi connectivity index (χ0v) is 21.6. The number of carbonyl (C=O) groups is 2. The zero-order valence-electron chi connectivity index (χ0n) is 20.7. The molecule has 2 aromatic rings. The molecule has 1 atom stereocenters. The van der Waals surface area contributed by atoms with Crippen LogP contribution in [0.15, 0.2) is 52.4 Å². The van der Waals surface area contributed by atoms with Crippen LogP contribution >= 0.6 is 0 Å². The summed E-state index contributed by atoms with van der Waals surface area (Å²) in [7, 11) is -3.29. The van der Waals surface area contributed by atoms with E-state index in [1.807, 2.05) is 41.0 Å². The number of hydrogen-bond donors (Lipinski definition) is 0. The second-order valence-corrected chi connectivity index (χ2v) is 12.9. The van der Waals surface area contributed by atoms with Crippen molar-refractivity contribution in [2.24, 2.45) is 16.8 Å². The molecule has 2 aliphatic heterocycles. The van der Waals surface area contributed by atoms with Crippen molar-refractivity contribution < 1.29 is 18.0 Å². The molecule has 1 unspecified atom stereocenters. The van der Waals surface area contributed by atoms with Gasteiger partial charge >= 0.3 is 0 Å². The van der Waals surface area contributed by atoms with Gasteiger partial charge in [-0.2, -0.15) is 0 Å². The van der Waals surface area contributed by atoms with Crippen LogP contribution < -0.4 is 0 Å². The molecule has 3 fully saturated rings. The quantitative estimate of drug-likeness (QED) is 0.602. The van der Waals surface area contributed by atoms with E-state index < -0.39 is 15.4 Å². The number of aliphatic imine (C=N–C) groups is 1. The molecule has 0 bridgehead atoms. The first-order valence-electron chi connectivity index (χ1n) is 12.8. The Labute approximate surface area is 212 Å². The SMILES string of the molecule is Cc1cc(-c2cccc(S(C)(=O)=O)c2)ccc1C1=NC2(CC2)C(=O)N1CC1CCN(C(=O)C2CC2)C1. The number of amidine groups is 1. The molecule has 6 rings (SSSR count). The molecule has 2 aromatic carbocycles. The molecule has 2 aliphatic carbocycles. The van der Waals surface area contributed by atoms with E-state index in [-0.39, 0.29) is 23.7 Å². The van der Waals surface area contributed by atoms with Gasteiger partial charge in [0.15, 0.2) is 9.84 Å². The topological polar surface area (TPSA) is 87.1 Å². The van der Waals surface area contributed by atoms with Crippen LogP contribution in [0.2, 0.25) is 0 Å². The predicted molar refractivity (Wildman–Crippen MR) is 137 cm³/mol. The van der Waals surface area contributed by atoms with Gasteiger partial charge in [-0.1, -0.05) is 30.3 Å². The average Bonchev–Trinajstić information content (AvgIpc) is 3.77. The summed E-state index contributed by atoms with van der Waals surface area (Å²) in [5.74, 6) is 1.59. The molecule has 36 heavy (non-hydrogen) atoms. The van der Waals surface area contributed by atoms with Gasteiger partial charge in [-0.15, -0.1) is 0 Å². The Morgan fingerprint density at radius 3 is 2.50 bits per heavy atom. The number of amides is 2. The summed E-state index contributed by atoms with van der Waals surface area (Å²) in [4.78, 5) is 35.0. The van der Waals surface area contributed by atoms with Gasteiger partial charge in [0.1, 0.15) is 11.4 Å². The van der Waals surface area contributed by atoms with Gasteiger partial charge in [0, 0.05) is 37.4 Å². The summed E-state index contributed by atoms with van der Waals surface area (Å²) >= 11 is 0. The molecular formula is C28H31N3O4S. The molecule has 1 saturated heterocycles. The highest BCUT2D eigenvalue weighted by atomic mass is 32.2. The van der Waals surface area contributed by atoms with Gasteiger partial charge in [-0.3, -0.25) is 19.5 Å². The average molecular weight is 506 g/mol. The van der Waals surface area contributed by atoms with Gasteiger partial charge in [0.05, 0.1) is 4.90 Å². The largest absolute Gasteiger partial charge is 0.342 e. The van der Waals surface area contributed by atoms with Crippen LogP contribution in [0, 0.1) is 18.8 Å². The van der Waals surface area contributed by atoms with Crippen LogP contribution in [-0.2, 0) is 19.4 Å². The summed E-state index contributed by atoms with van der Waals surface area (Å²) in [6.45, 7) is 4.09. The first kappa shape index (κ1) is 23.4. The Kier molecular flexibility index (Phi) is 5.37. The lowest BCUT2D eigenvalue weighted by atomic mass is 9.98. The van der Waals surface area contributed by atoms with E-state index >= 15 is 0 Å². The van der Waals surface area contributed by atoms with Crippen molar-refractivity contribution in [3.63, 3.8) is 0 Å². The fourth-order valence-electron chi connectivity index (χ4n) is 5.51. The van der Waals surface area contributed by atoms with E-state index in [1.165, 1.54) is 6.26 Å². The Morgan fingerprint density at radius 1 is 1.08 bits per heavy atom. The standard InChI is InChI=1S/C28H31N3O4S/c1-18-14-22(21-4-3-5-23(15-21)36(2,34)35)8-9-24(18)25-29-28(11-12-28)27(33)31(25)17-19-10-13-30(16-19)26(32)20-6-7-20/h3-5,8-9,14-15,19-20H,6-7,10-13,16-17H2,1-2H3. The van der Waals surface area contributed by atoms with E-state index in [9.17, 15) is 18.0 Å². The van der Waals surface area contributed by atoms with Crippen LogP contribution in [-0.4, -0.2) is 67.3 Å². The van der Waals surface area contributed by atoms with Gasteiger partial charge in [0.2, 0.25) is 5.91 Å². The molecule has 8 heteroatoms. The molecule has 4 aliphatic rings. The second-order valence-electron chi connectivity index (χ2n) is 10.9. The van der Waals surface area contributed by atoms with Crippen LogP contribution in [0.3, 0.4) is 0 Å².